The molecule has 2 N–H and O–H groups in total. The monoisotopic (exact) mass is 336 g/mol. The lowest BCUT2D eigenvalue weighted by molar-refractivity contribution is -0.140. The molecule has 1 aromatic heterocycles. The van der Waals surface area contributed by atoms with Crippen LogP contribution in [0.1, 0.15) is 31.9 Å². The van der Waals surface area contributed by atoms with Gasteiger partial charge in [-0.25, -0.2) is 0 Å². The smallest absolute Gasteiger partial charge is 0.249 e. The predicted octanol–water partition coefficient (Wildman–Crippen LogP) is 0.622. The molecule has 1 spiro atoms. The minimum atomic E-state index is -0.471. The van der Waals surface area contributed by atoms with Crippen LogP contribution in [0.5, 0.6) is 0 Å². The van der Waals surface area contributed by atoms with E-state index in [4.69, 9.17) is 4.74 Å². The summed E-state index contributed by atoms with van der Waals surface area (Å²) < 4.78 is 5.01. The average Bonchev–Trinajstić information content (AvgIpc) is 3.17. The van der Waals surface area contributed by atoms with Crippen molar-refractivity contribution in [3.63, 3.8) is 0 Å². The SMILES string of the molecule is COCC(=O)N1CC2(CCN(Cc3ccn[nH]3)CC2)C[C@]1(C)CO. The molecule has 7 heteroatoms. The number of nitrogens with one attached hydrogen (secondary N) is 1. The van der Waals surface area contributed by atoms with Gasteiger partial charge >= 0.3 is 0 Å². The van der Waals surface area contributed by atoms with Crippen LogP contribution in [0.25, 0.3) is 0 Å². The second kappa shape index (κ2) is 6.82. The highest BCUT2D eigenvalue weighted by Crippen LogP contribution is 2.48. The van der Waals surface area contributed by atoms with Gasteiger partial charge in [0.15, 0.2) is 0 Å². The minimum Gasteiger partial charge on any atom is -0.394 e. The lowest BCUT2D eigenvalue weighted by atomic mass is 9.74. The molecule has 2 aliphatic heterocycles. The first-order valence-electron chi connectivity index (χ1n) is 8.61. The Kier molecular flexibility index (Phi) is 4.94. The zero-order valence-electron chi connectivity index (χ0n) is 14.6. The highest BCUT2D eigenvalue weighted by molar-refractivity contribution is 5.78. The highest BCUT2D eigenvalue weighted by Gasteiger charge is 2.52. The number of aliphatic hydroxyl groups is 1. The number of rotatable bonds is 5. The summed E-state index contributed by atoms with van der Waals surface area (Å²) in [6.45, 7) is 5.70. The number of hydrogen-bond donors (Lipinski definition) is 2. The third-order valence-corrected chi connectivity index (χ3v) is 5.68. The topological polar surface area (TPSA) is 81.7 Å². The van der Waals surface area contributed by atoms with Crippen molar-refractivity contribution in [3.05, 3.63) is 18.0 Å². The fourth-order valence-electron chi connectivity index (χ4n) is 4.35. The summed E-state index contributed by atoms with van der Waals surface area (Å²) in [5.41, 5.74) is 0.779. The number of ether oxygens (including phenoxy) is 1. The molecule has 0 radical (unpaired) electrons. The van der Waals surface area contributed by atoms with Crippen LogP contribution in [0.15, 0.2) is 12.3 Å². The van der Waals surface area contributed by atoms with Gasteiger partial charge in [0, 0.05) is 32.1 Å². The van der Waals surface area contributed by atoms with Gasteiger partial charge in [0.05, 0.1) is 12.1 Å². The number of carbonyl (C=O) groups excluding carboxylic acids is 1. The summed E-state index contributed by atoms with van der Waals surface area (Å²) in [5.74, 6) is -0.0224. The number of aliphatic hydroxyl groups excluding tert-OH is 1. The van der Waals surface area contributed by atoms with Crippen LogP contribution < -0.4 is 0 Å². The number of aromatic amines is 1. The molecule has 134 valence electrons. The molecule has 7 nitrogen and oxygen atoms in total. The predicted molar refractivity (Wildman–Crippen MR) is 89.2 cm³/mol. The van der Waals surface area contributed by atoms with Gasteiger partial charge in [-0.15, -0.1) is 0 Å². The second-order valence-corrected chi connectivity index (χ2v) is 7.60. The van der Waals surface area contributed by atoms with E-state index in [1.165, 1.54) is 7.11 Å². The third-order valence-electron chi connectivity index (χ3n) is 5.68. The molecule has 2 fully saturated rings. The van der Waals surface area contributed by atoms with Gasteiger partial charge in [-0.1, -0.05) is 0 Å². The fourth-order valence-corrected chi connectivity index (χ4v) is 4.35. The van der Waals surface area contributed by atoms with Crippen LogP contribution in [0.4, 0.5) is 0 Å². The molecular formula is C17H28N4O3. The van der Waals surface area contributed by atoms with Gasteiger partial charge < -0.3 is 14.7 Å². The van der Waals surface area contributed by atoms with Gasteiger partial charge in [-0.3, -0.25) is 14.8 Å². The van der Waals surface area contributed by atoms with E-state index in [2.05, 4.69) is 15.1 Å². The van der Waals surface area contributed by atoms with Crippen molar-refractivity contribution in [2.75, 3.05) is 40.0 Å². The molecule has 2 saturated heterocycles. The number of nitrogens with zero attached hydrogens (tertiary/aromatic N) is 3. The summed E-state index contributed by atoms with van der Waals surface area (Å²) in [6, 6.07) is 2.01. The van der Waals surface area contributed by atoms with Crippen LogP contribution in [0.2, 0.25) is 0 Å². The summed E-state index contributed by atoms with van der Waals surface area (Å²) in [6.07, 6.45) is 4.74. The maximum atomic E-state index is 12.4. The van der Waals surface area contributed by atoms with Crippen LogP contribution in [-0.4, -0.2) is 76.5 Å². The van der Waals surface area contributed by atoms with Gasteiger partial charge in [0.1, 0.15) is 6.61 Å². The Balaban J connectivity index is 1.64. The molecule has 0 bridgehead atoms. The Labute approximate surface area is 143 Å². The van der Waals surface area contributed by atoms with Crippen LogP contribution in [0, 0.1) is 5.41 Å². The molecule has 24 heavy (non-hydrogen) atoms. The Hall–Kier alpha value is -1.44. The zero-order valence-corrected chi connectivity index (χ0v) is 14.6. The summed E-state index contributed by atoms with van der Waals surface area (Å²) in [4.78, 5) is 16.7. The zero-order chi connectivity index (χ0) is 17.2. The van der Waals surface area contributed by atoms with E-state index in [0.29, 0.717) is 0 Å². The van der Waals surface area contributed by atoms with E-state index in [1.54, 1.807) is 6.20 Å². The van der Waals surface area contributed by atoms with Crippen LogP contribution >= 0.6 is 0 Å². The Morgan fingerprint density at radius 3 is 2.79 bits per heavy atom. The Bertz CT molecular complexity index is 554. The van der Waals surface area contributed by atoms with Crippen molar-refractivity contribution in [1.82, 2.24) is 20.0 Å². The first-order valence-corrected chi connectivity index (χ1v) is 8.61. The standard InChI is InChI=1S/C17H28N4O3/c1-16(13-22)11-17(12-21(16)15(23)10-24-2)4-7-20(8-5-17)9-14-3-6-18-19-14/h3,6,22H,4-5,7-13H2,1-2H3,(H,18,19)/t16-/m1/s1. The van der Waals surface area contributed by atoms with Gasteiger partial charge in [-0.05, 0) is 50.8 Å². The number of likely N-dealkylation sites (tertiary alicyclic amines) is 2. The largest absolute Gasteiger partial charge is 0.394 e. The van der Waals surface area contributed by atoms with Gasteiger partial charge in [-0.2, -0.15) is 5.10 Å². The number of carbonyl (C=O) groups is 1. The first kappa shape index (κ1) is 17.4. The average molecular weight is 336 g/mol. The number of hydrogen-bond acceptors (Lipinski definition) is 5. The molecule has 0 aliphatic carbocycles. The molecule has 3 heterocycles. The summed E-state index contributed by atoms with van der Waals surface area (Å²) in [7, 11) is 1.54. The van der Waals surface area contributed by atoms with E-state index in [9.17, 15) is 9.90 Å². The first-order chi connectivity index (χ1) is 11.5. The van der Waals surface area contributed by atoms with E-state index in [0.717, 1.165) is 51.1 Å². The minimum absolute atomic E-state index is 0.00205. The molecule has 1 aromatic rings. The number of piperidine rings is 1. The molecular weight excluding hydrogens is 308 g/mol. The van der Waals surface area contributed by atoms with Crippen molar-refractivity contribution in [3.8, 4) is 0 Å². The van der Waals surface area contributed by atoms with Crippen LogP contribution in [-0.2, 0) is 16.1 Å². The Morgan fingerprint density at radius 1 is 1.46 bits per heavy atom. The molecule has 0 unspecified atom stereocenters. The highest BCUT2D eigenvalue weighted by atomic mass is 16.5. The number of methoxy groups -OCH3 is 1. The lowest BCUT2D eigenvalue weighted by Gasteiger charge is -2.39. The normalized spacial score (nSPS) is 27.0. The lowest BCUT2D eigenvalue weighted by Crippen LogP contribution is -2.49. The summed E-state index contributed by atoms with van der Waals surface area (Å²) >= 11 is 0. The van der Waals surface area contributed by atoms with Crippen molar-refractivity contribution >= 4 is 5.91 Å². The van der Waals surface area contributed by atoms with E-state index in [1.807, 2.05) is 17.9 Å². The maximum absolute atomic E-state index is 12.4. The van der Waals surface area contributed by atoms with E-state index in [-0.39, 0.29) is 24.5 Å². The van der Waals surface area contributed by atoms with Crippen molar-refractivity contribution < 1.29 is 14.6 Å². The van der Waals surface area contributed by atoms with Crippen molar-refractivity contribution in [1.29, 1.82) is 0 Å². The number of amides is 1. The van der Waals surface area contributed by atoms with Crippen molar-refractivity contribution in [2.24, 2.45) is 5.41 Å². The molecule has 2 aliphatic rings. The maximum Gasteiger partial charge on any atom is 0.249 e. The van der Waals surface area contributed by atoms with Crippen LogP contribution in [0.3, 0.4) is 0 Å². The second-order valence-electron chi connectivity index (χ2n) is 7.60. The molecule has 0 saturated carbocycles. The molecule has 3 rings (SSSR count). The Morgan fingerprint density at radius 2 is 2.21 bits per heavy atom. The number of H-pyrrole nitrogens is 1. The molecule has 1 amide bonds. The molecule has 1 atom stereocenters. The fraction of sp³-hybridized carbons (Fsp3) is 0.765. The summed E-state index contributed by atoms with van der Waals surface area (Å²) in [5, 5.41) is 16.9. The number of aromatic nitrogens is 2. The quantitative estimate of drug-likeness (QED) is 0.824. The third kappa shape index (κ3) is 3.34. The van der Waals surface area contributed by atoms with Crippen molar-refractivity contribution in [2.45, 2.75) is 38.3 Å². The van der Waals surface area contributed by atoms with Gasteiger partial charge in [0.25, 0.3) is 0 Å². The molecule has 0 aromatic carbocycles. The van der Waals surface area contributed by atoms with E-state index < -0.39 is 5.54 Å². The van der Waals surface area contributed by atoms with E-state index >= 15 is 0 Å². The van der Waals surface area contributed by atoms with Gasteiger partial charge in [0.2, 0.25) is 5.91 Å².